The van der Waals surface area contributed by atoms with Gasteiger partial charge in [0.1, 0.15) is 5.84 Å². The number of nitrogens with zero attached hydrogens (tertiary/aromatic N) is 1. The van der Waals surface area contributed by atoms with Crippen molar-refractivity contribution in [2.75, 3.05) is 0 Å². The number of nitrogens with two attached hydrogens (primary N) is 1. The van der Waals surface area contributed by atoms with Gasteiger partial charge in [0.05, 0.1) is 0 Å². The van der Waals surface area contributed by atoms with Crippen molar-refractivity contribution in [1.29, 1.82) is 0 Å². The van der Waals surface area contributed by atoms with Gasteiger partial charge in [-0.15, -0.1) is 0 Å². The third-order valence-corrected chi connectivity index (χ3v) is 0.720. The lowest BCUT2D eigenvalue weighted by Crippen LogP contribution is -2.05. The second-order valence-electron chi connectivity index (χ2n) is 1.33. The monoisotopic (exact) mass is 98.0 g/mol. The molecule has 0 unspecified atom stereocenters. The smallest absolute Gasteiger partial charge is 0.167 e. The van der Waals surface area contributed by atoms with Crippen LogP contribution in [0.25, 0.3) is 0 Å². The van der Waals surface area contributed by atoms with Crippen molar-refractivity contribution in [1.82, 2.24) is 0 Å². The first-order valence-electron chi connectivity index (χ1n) is 1.98. The molecule has 0 aromatic rings. The quantitative estimate of drug-likeness (QED) is 0.418. The molecule has 0 aliphatic carbocycles. The lowest BCUT2D eigenvalue weighted by molar-refractivity contribution is 0.237. The lowest BCUT2D eigenvalue weighted by atomic mass is 10.5. The summed E-state index contributed by atoms with van der Waals surface area (Å²) in [6.07, 6.45) is 2.40. The second kappa shape index (κ2) is 1.35. The first-order valence-corrected chi connectivity index (χ1v) is 1.98. The Balaban J connectivity index is 2.69. The predicted octanol–water partition coefficient (Wildman–Crippen LogP) is -0.768. The minimum Gasteiger partial charge on any atom is -0.384 e. The van der Waals surface area contributed by atoms with Crippen LogP contribution in [0, 0.1) is 0 Å². The molecule has 0 aromatic heterocycles. The molecule has 0 bridgehead atoms. The molecule has 0 saturated heterocycles. The van der Waals surface area contributed by atoms with Crippen LogP contribution in [-0.2, 0) is 0 Å². The molecule has 7 heavy (non-hydrogen) atoms. The van der Waals surface area contributed by atoms with Crippen molar-refractivity contribution in [3.8, 4) is 0 Å². The van der Waals surface area contributed by atoms with Gasteiger partial charge in [0.25, 0.3) is 0 Å². The van der Waals surface area contributed by atoms with Gasteiger partial charge in [0.15, 0.2) is 6.23 Å². The largest absolute Gasteiger partial charge is 0.384 e. The molecule has 0 fully saturated rings. The van der Waals surface area contributed by atoms with E-state index in [-0.39, 0.29) is 0 Å². The molecule has 1 aliphatic rings. The van der Waals surface area contributed by atoms with Gasteiger partial charge in [-0.25, -0.2) is 4.99 Å². The van der Waals surface area contributed by atoms with Crippen molar-refractivity contribution in [3.05, 3.63) is 12.2 Å². The molecule has 1 rings (SSSR count). The first-order chi connectivity index (χ1) is 3.29. The molecular weight excluding hydrogens is 92.1 g/mol. The zero-order valence-corrected chi connectivity index (χ0v) is 3.70. The molecule has 3 nitrogen and oxygen atoms in total. The summed E-state index contributed by atoms with van der Waals surface area (Å²) in [7, 11) is 0. The Kier molecular flexibility index (Phi) is 0.834. The maximum atomic E-state index is 8.55. The fourth-order valence-corrected chi connectivity index (χ4v) is 0.423. The Morgan fingerprint density at radius 3 is 2.71 bits per heavy atom. The minimum absolute atomic E-state index is 0.396. The molecule has 0 saturated carbocycles. The molecule has 0 aromatic carbocycles. The maximum Gasteiger partial charge on any atom is 0.167 e. The Bertz CT molecular complexity index is 128. The van der Waals surface area contributed by atoms with E-state index in [2.05, 4.69) is 4.99 Å². The van der Waals surface area contributed by atoms with Gasteiger partial charge < -0.3 is 10.8 Å². The summed E-state index contributed by atoms with van der Waals surface area (Å²) < 4.78 is 0. The van der Waals surface area contributed by atoms with Gasteiger partial charge >= 0.3 is 0 Å². The molecule has 3 N–H and O–H groups in total. The van der Waals surface area contributed by atoms with E-state index in [0.717, 1.165) is 0 Å². The summed E-state index contributed by atoms with van der Waals surface area (Å²) in [4.78, 5) is 3.53. The fraction of sp³-hybridized carbons (Fsp3) is 0.250. The van der Waals surface area contributed by atoms with E-state index in [1.165, 1.54) is 6.08 Å². The summed E-state index contributed by atoms with van der Waals surface area (Å²) in [5.74, 6) is 0.396. The highest BCUT2D eigenvalue weighted by Gasteiger charge is 2.00. The van der Waals surface area contributed by atoms with Crippen LogP contribution >= 0.6 is 0 Å². The van der Waals surface area contributed by atoms with Crippen molar-refractivity contribution in [2.24, 2.45) is 10.7 Å². The number of aliphatic hydroxyl groups excluding tert-OH is 1. The van der Waals surface area contributed by atoms with E-state index in [0.29, 0.717) is 5.84 Å². The Hall–Kier alpha value is -0.830. The maximum absolute atomic E-state index is 8.55. The van der Waals surface area contributed by atoms with E-state index in [1.807, 2.05) is 0 Å². The van der Waals surface area contributed by atoms with Crippen LogP contribution in [-0.4, -0.2) is 17.2 Å². The van der Waals surface area contributed by atoms with Crippen molar-refractivity contribution in [3.63, 3.8) is 0 Å². The van der Waals surface area contributed by atoms with Crippen molar-refractivity contribution < 1.29 is 5.11 Å². The number of hydrogen-bond donors (Lipinski definition) is 2. The van der Waals surface area contributed by atoms with Gasteiger partial charge in [-0.3, -0.25) is 0 Å². The Morgan fingerprint density at radius 1 is 1.86 bits per heavy atom. The predicted molar refractivity (Wildman–Crippen MR) is 26.8 cm³/mol. The zero-order chi connectivity index (χ0) is 5.28. The van der Waals surface area contributed by atoms with Gasteiger partial charge in [-0.1, -0.05) is 0 Å². The van der Waals surface area contributed by atoms with Gasteiger partial charge in [0.2, 0.25) is 0 Å². The summed E-state index contributed by atoms with van der Waals surface area (Å²) in [5.41, 5.74) is 5.13. The summed E-state index contributed by atoms with van der Waals surface area (Å²) in [6, 6.07) is 0. The first kappa shape index (κ1) is 4.33. The van der Waals surface area contributed by atoms with E-state index in [9.17, 15) is 0 Å². The standard InChI is InChI=1S/C4H6N2O/c5-3-1-2-4(7)6-3/h1-2,4,7H,(H2,5,6)/t4-/m0/s1. The third kappa shape index (κ3) is 0.778. The number of amidine groups is 1. The third-order valence-electron chi connectivity index (χ3n) is 0.720. The molecule has 1 aliphatic heterocycles. The van der Waals surface area contributed by atoms with Crippen molar-refractivity contribution in [2.45, 2.75) is 6.23 Å². The van der Waals surface area contributed by atoms with Crippen LogP contribution in [0.4, 0.5) is 0 Å². The normalized spacial score (nSPS) is 28.1. The van der Waals surface area contributed by atoms with E-state index >= 15 is 0 Å². The zero-order valence-electron chi connectivity index (χ0n) is 3.70. The molecule has 0 amide bonds. The van der Waals surface area contributed by atoms with Crippen LogP contribution in [0.15, 0.2) is 17.1 Å². The molecule has 0 spiro atoms. The highest BCUT2D eigenvalue weighted by atomic mass is 16.3. The molecular formula is C4H6N2O. The van der Waals surface area contributed by atoms with Gasteiger partial charge in [-0.05, 0) is 12.2 Å². The number of rotatable bonds is 0. The second-order valence-corrected chi connectivity index (χ2v) is 1.33. The Labute approximate surface area is 41.2 Å². The van der Waals surface area contributed by atoms with E-state index < -0.39 is 6.23 Å². The van der Waals surface area contributed by atoms with Gasteiger partial charge in [0, 0.05) is 0 Å². The SMILES string of the molecule is NC1=N[C@@H](O)C=C1. The molecule has 3 heteroatoms. The lowest BCUT2D eigenvalue weighted by Gasteiger charge is -1.86. The minimum atomic E-state index is -0.694. The summed E-state index contributed by atoms with van der Waals surface area (Å²) in [6.45, 7) is 0. The number of aliphatic hydroxyl groups is 1. The summed E-state index contributed by atoms with van der Waals surface area (Å²) >= 11 is 0. The van der Waals surface area contributed by atoms with E-state index in [1.54, 1.807) is 6.08 Å². The fourth-order valence-electron chi connectivity index (χ4n) is 0.423. The number of hydrogen-bond acceptors (Lipinski definition) is 3. The Morgan fingerprint density at radius 2 is 2.57 bits per heavy atom. The van der Waals surface area contributed by atoms with E-state index in [4.69, 9.17) is 10.8 Å². The van der Waals surface area contributed by atoms with Crippen LogP contribution < -0.4 is 5.73 Å². The van der Waals surface area contributed by atoms with Crippen LogP contribution in [0.3, 0.4) is 0 Å². The van der Waals surface area contributed by atoms with Crippen LogP contribution in [0.5, 0.6) is 0 Å². The molecule has 1 heterocycles. The highest BCUT2D eigenvalue weighted by molar-refractivity contribution is 5.93. The van der Waals surface area contributed by atoms with Crippen LogP contribution in [0.2, 0.25) is 0 Å². The number of aliphatic imine (C=N–C) groups is 1. The highest BCUT2D eigenvalue weighted by Crippen LogP contribution is 1.95. The average molecular weight is 98.1 g/mol. The molecule has 38 valence electrons. The molecule has 1 atom stereocenters. The van der Waals surface area contributed by atoms with Crippen LogP contribution in [0.1, 0.15) is 0 Å². The molecule has 0 radical (unpaired) electrons. The average Bonchev–Trinajstić information content (AvgIpc) is 1.87. The van der Waals surface area contributed by atoms with Crippen molar-refractivity contribution >= 4 is 5.84 Å². The van der Waals surface area contributed by atoms with Gasteiger partial charge in [-0.2, -0.15) is 0 Å². The topological polar surface area (TPSA) is 58.6 Å². The summed E-state index contributed by atoms with van der Waals surface area (Å²) in [5, 5.41) is 8.55.